The Bertz CT molecular complexity index is 1000. The SMILES string of the molecule is C=N/C=C\C=C(/C)CNC(=O)c1csc(CCNCc2nc3ccccc3[nH]2)n1. The second-order valence-corrected chi connectivity index (χ2v) is 7.42. The number of allylic oxidation sites excluding steroid dienone is 2. The van der Waals surface area contributed by atoms with Crippen molar-refractivity contribution in [3.8, 4) is 0 Å². The number of carbonyl (C=O) groups is 1. The van der Waals surface area contributed by atoms with E-state index in [1.54, 1.807) is 17.7 Å². The van der Waals surface area contributed by atoms with Crippen molar-refractivity contribution in [2.24, 2.45) is 4.99 Å². The average molecular weight is 409 g/mol. The zero-order valence-electron chi connectivity index (χ0n) is 16.3. The molecule has 150 valence electrons. The maximum Gasteiger partial charge on any atom is 0.271 e. The summed E-state index contributed by atoms with van der Waals surface area (Å²) >= 11 is 1.50. The van der Waals surface area contributed by atoms with Crippen LogP contribution in [0.5, 0.6) is 0 Å². The number of aliphatic imine (C=N–C) groups is 1. The summed E-state index contributed by atoms with van der Waals surface area (Å²) in [5, 5.41) is 8.96. The second-order valence-electron chi connectivity index (χ2n) is 6.47. The van der Waals surface area contributed by atoms with Crippen molar-refractivity contribution < 1.29 is 4.79 Å². The number of nitrogens with one attached hydrogen (secondary N) is 3. The van der Waals surface area contributed by atoms with Crippen LogP contribution in [-0.4, -0.2) is 40.7 Å². The molecular weight excluding hydrogens is 384 g/mol. The van der Waals surface area contributed by atoms with Crippen LogP contribution in [0.15, 0.2) is 58.6 Å². The minimum atomic E-state index is -0.165. The molecule has 0 aliphatic heterocycles. The van der Waals surface area contributed by atoms with Crippen LogP contribution in [0.25, 0.3) is 11.0 Å². The molecule has 3 aromatic rings. The van der Waals surface area contributed by atoms with E-state index < -0.39 is 0 Å². The summed E-state index contributed by atoms with van der Waals surface area (Å²) in [6, 6.07) is 7.97. The van der Waals surface area contributed by atoms with E-state index in [9.17, 15) is 4.79 Å². The number of rotatable bonds is 10. The molecule has 2 aromatic heterocycles. The van der Waals surface area contributed by atoms with Crippen LogP contribution in [-0.2, 0) is 13.0 Å². The molecule has 3 N–H and O–H groups in total. The quantitative estimate of drug-likeness (QED) is 0.273. The van der Waals surface area contributed by atoms with Gasteiger partial charge >= 0.3 is 0 Å². The Morgan fingerprint density at radius 1 is 1.34 bits per heavy atom. The summed E-state index contributed by atoms with van der Waals surface area (Å²) in [5.74, 6) is 0.744. The van der Waals surface area contributed by atoms with Gasteiger partial charge in [-0.3, -0.25) is 9.79 Å². The smallest absolute Gasteiger partial charge is 0.271 e. The number of imidazole rings is 1. The summed E-state index contributed by atoms with van der Waals surface area (Å²) in [5.41, 5.74) is 3.48. The average Bonchev–Trinajstić information content (AvgIpc) is 3.36. The molecule has 1 amide bonds. The number of amides is 1. The predicted molar refractivity (Wildman–Crippen MR) is 118 cm³/mol. The van der Waals surface area contributed by atoms with Crippen LogP contribution in [0, 0.1) is 0 Å². The van der Waals surface area contributed by atoms with E-state index in [0.717, 1.165) is 40.4 Å². The first-order valence-corrected chi connectivity index (χ1v) is 10.2. The standard InChI is InChI=1S/C21H24N6OS/c1-15(6-5-10-22-2)12-24-21(28)18-14-29-20(27-18)9-11-23-13-19-25-16-7-3-4-8-17(16)26-19/h3-8,10,14,23H,2,9,11-13H2,1H3,(H,24,28)(H,25,26)/b10-5-,15-6+. The highest BCUT2D eigenvalue weighted by Crippen LogP contribution is 2.11. The lowest BCUT2D eigenvalue weighted by atomic mass is 10.2. The molecule has 0 radical (unpaired) electrons. The summed E-state index contributed by atoms with van der Waals surface area (Å²) in [6.45, 7) is 7.20. The number of thiazole rings is 1. The van der Waals surface area contributed by atoms with E-state index in [1.165, 1.54) is 11.3 Å². The molecule has 8 heteroatoms. The minimum absolute atomic E-state index is 0.165. The van der Waals surface area contributed by atoms with Gasteiger partial charge in [0, 0.05) is 31.1 Å². The fraction of sp³-hybridized carbons (Fsp3) is 0.238. The topological polar surface area (TPSA) is 95.1 Å². The van der Waals surface area contributed by atoms with E-state index in [0.29, 0.717) is 18.8 Å². The number of aromatic nitrogens is 3. The molecule has 0 atom stereocenters. The Kier molecular flexibility index (Phi) is 7.43. The van der Waals surface area contributed by atoms with Crippen LogP contribution in [0.4, 0.5) is 0 Å². The van der Waals surface area contributed by atoms with Gasteiger partial charge in [-0.05, 0) is 31.9 Å². The van der Waals surface area contributed by atoms with Crippen molar-refractivity contribution in [1.82, 2.24) is 25.6 Å². The summed E-state index contributed by atoms with van der Waals surface area (Å²) in [4.78, 5) is 28.1. The number of fused-ring (bicyclic) bond motifs is 1. The van der Waals surface area contributed by atoms with Gasteiger partial charge in [-0.25, -0.2) is 9.97 Å². The molecule has 0 saturated heterocycles. The molecular formula is C21H24N6OS. The molecule has 2 heterocycles. The lowest BCUT2D eigenvalue weighted by molar-refractivity contribution is 0.0952. The van der Waals surface area contributed by atoms with E-state index in [1.807, 2.05) is 37.3 Å². The first-order valence-electron chi connectivity index (χ1n) is 9.31. The Hall–Kier alpha value is -3.10. The van der Waals surface area contributed by atoms with Crippen molar-refractivity contribution in [2.45, 2.75) is 19.9 Å². The third-order valence-corrected chi connectivity index (χ3v) is 5.04. The Morgan fingerprint density at radius 2 is 2.21 bits per heavy atom. The van der Waals surface area contributed by atoms with Gasteiger partial charge in [-0.15, -0.1) is 11.3 Å². The number of hydrogen-bond donors (Lipinski definition) is 3. The molecule has 0 unspecified atom stereocenters. The molecule has 1 aromatic carbocycles. The number of nitrogens with zero attached hydrogens (tertiary/aromatic N) is 3. The van der Waals surface area contributed by atoms with Crippen LogP contribution in [0.1, 0.15) is 28.2 Å². The highest BCUT2D eigenvalue weighted by atomic mass is 32.1. The Morgan fingerprint density at radius 3 is 3.03 bits per heavy atom. The van der Waals surface area contributed by atoms with E-state index in [2.05, 4.69) is 37.3 Å². The van der Waals surface area contributed by atoms with Gasteiger partial charge in [0.2, 0.25) is 0 Å². The fourth-order valence-corrected chi connectivity index (χ4v) is 3.44. The van der Waals surface area contributed by atoms with E-state index in [-0.39, 0.29) is 5.91 Å². The Labute approximate surface area is 173 Å². The van der Waals surface area contributed by atoms with Crippen LogP contribution >= 0.6 is 11.3 Å². The summed E-state index contributed by atoms with van der Waals surface area (Å²) < 4.78 is 0. The second kappa shape index (κ2) is 10.4. The number of H-pyrrole nitrogens is 1. The van der Waals surface area contributed by atoms with Crippen LogP contribution in [0.2, 0.25) is 0 Å². The molecule has 0 fully saturated rings. The number of aromatic amines is 1. The van der Waals surface area contributed by atoms with Gasteiger partial charge < -0.3 is 15.6 Å². The first-order chi connectivity index (χ1) is 14.2. The fourth-order valence-electron chi connectivity index (χ4n) is 2.66. The largest absolute Gasteiger partial charge is 0.347 e. The van der Waals surface area contributed by atoms with Gasteiger partial charge in [-0.2, -0.15) is 0 Å². The summed E-state index contributed by atoms with van der Waals surface area (Å²) in [6.07, 6.45) is 6.03. The zero-order valence-corrected chi connectivity index (χ0v) is 17.1. The van der Waals surface area contributed by atoms with Crippen molar-refractivity contribution in [3.63, 3.8) is 0 Å². The molecule has 0 bridgehead atoms. The van der Waals surface area contributed by atoms with Crippen molar-refractivity contribution in [3.05, 3.63) is 70.1 Å². The molecule has 0 spiro atoms. The zero-order chi connectivity index (χ0) is 20.5. The van der Waals surface area contributed by atoms with Gasteiger partial charge in [0.15, 0.2) is 0 Å². The molecule has 29 heavy (non-hydrogen) atoms. The molecule has 0 aliphatic rings. The maximum atomic E-state index is 12.2. The molecule has 3 rings (SSSR count). The van der Waals surface area contributed by atoms with Crippen molar-refractivity contribution >= 4 is 35.0 Å². The predicted octanol–water partition coefficient (Wildman–Crippen LogP) is 3.24. The lowest BCUT2D eigenvalue weighted by Gasteiger charge is -2.03. The van der Waals surface area contributed by atoms with Gasteiger partial charge in [-0.1, -0.05) is 23.8 Å². The lowest BCUT2D eigenvalue weighted by Crippen LogP contribution is -2.25. The van der Waals surface area contributed by atoms with Crippen LogP contribution in [0.3, 0.4) is 0 Å². The molecule has 0 saturated carbocycles. The third kappa shape index (κ3) is 6.20. The van der Waals surface area contributed by atoms with Crippen molar-refractivity contribution in [1.29, 1.82) is 0 Å². The van der Waals surface area contributed by atoms with Crippen molar-refractivity contribution in [2.75, 3.05) is 13.1 Å². The van der Waals surface area contributed by atoms with Gasteiger partial charge in [0.1, 0.15) is 11.5 Å². The maximum absolute atomic E-state index is 12.2. The van der Waals surface area contributed by atoms with E-state index >= 15 is 0 Å². The van der Waals surface area contributed by atoms with Gasteiger partial charge in [0.25, 0.3) is 5.91 Å². The highest BCUT2D eigenvalue weighted by Gasteiger charge is 2.10. The van der Waals surface area contributed by atoms with E-state index in [4.69, 9.17) is 0 Å². The summed E-state index contributed by atoms with van der Waals surface area (Å²) in [7, 11) is 0. The normalized spacial score (nSPS) is 12.0. The monoisotopic (exact) mass is 408 g/mol. The third-order valence-electron chi connectivity index (χ3n) is 4.13. The molecule has 0 aliphatic carbocycles. The van der Waals surface area contributed by atoms with Gasteiger partial charge in [0.05, 0.1) is 22.6 Å². The Balaban J connectivity index is 1.41. The number of para-hydroxylation sites is 2. The highest BCUT2D eigenvalue weighted by molar-refractivity contribution is 7.09. The number of hydrogen-bond acceptors (Lipinski definition) is 6. The van der Waals surface area contributed by atoms with Crippen LogP contribution < -0.4 is 10.6 Å². The molecule has 7 nitrogen and oxygen atoms in total. The first kappa shape index (κ1) is 20.6. The number of benzene rings is 1. The number of carbonyl (C=O) groups excluding carboxylic acids is 1. The minimum Gasteiger partial charge on any atom is -0.347 e.